The SMILES string of the molecule is S=C1NC2(CCSCC2)C(=S)N2CCC[C@@H]12. The predicted molar refractivity (Wildman–Crippen MR) is 77.3 cm³/mol. The molecule has 0 aromatic heterocycles. The van der Waals surface area contributed by atoms with Crippen molar-refractivity contribution in [3.05, 3.63) is 0 Å². The summed E-state index contributed by atoms with van der Waals surface area (Å²) in [5.41, 5.74) is 0.0263. The topological polar surface area (TPSA) is 15.3 Å². The zero-order chi connectivity index (χ0) is 11.2. The van der Waals surface area contributed by atoms with Gasteiger partial charge in [-0.3, -0.25) is 0 Å². The molecule has 2 nitrogen and oxygen atoms in total. The smallest absolute Gasteiger partial charge is 0.104 e. The largest absolute Gasteiger partial charge is 0.366 e. The lowest BCUT2D eigenvalue weighted by Gasteiger charge is -2.49. The van der Waals surface area contributed by atoms with Crippen LogP contribution < -0.4 is 5.32 Å². The summed E-state index contributed by atoms with van der Waals surface area (Å²) in [7, 11) is 0. The van der Waals surface area contributed by atoms with E-state index in [1.807, 2.05) is 11.8 Å². The molecular weight excluding hydrogens is 256 g/mol. The van der Waals surface area contributed by atoms with Crippen LogP contribution in [-0.2, 0) is 0 Å². The van der Waals surface area contributed by atoms with E-state index in [1.54, 1.807) is 0 Å². The third-order valence-corrected chi connectivity index (χ3v) is 5.92. The van der Waals surface area contributed by atoms with Gasteiger partial charge >= 0.3 is 0 Å². The molecule has 3 fully saturated rings. The van der Waals surface area contributed by atoms with E-state index in [9.17, 15) is 0 Å². The van der Waals surface area contributed by atoms with E-state index in [0.717, 1.165) is 29.4 Å². The van der Waals surface area contributed by atoms with Gasteiger partial charge in [0.05, 0.1) is 16.6 Å². The first-order valence-electron chi connectivity index (χ1n) is 5.94. The molecule has 88 valence electrons. The molecule has 0 bridgehead atoms. The van der Waals surface area contributed by atoms with Crippen LogP contribution in [0.2, 0.25) is 0 Å². The number of hydrogen-bond acceptors (Lipinski definition) is 3. The lowest BCUT2D eigenvalue weighted by atomic mass is 9.88. The van der Waals surface area contributed by atoms with Crippen LogP contribution in [0.3, 0.4) is 0 Å². The van der Waals surface area contributed by atoms with Crippen LogP contribution in [0.15, 0.2) is 0 Å². The van der Waals surface area contributed by atoms with E-state index in [2.05, 4.69) is 10.2 Å². The maximum absolute atomic E-state index is 5.72. The number of thioether (sulfide) groups is 1. The Kier molecular flexibility index (Phi) is 2.88. The Morgan fingerprint density at radius 2 is 2.06 bits per heavy atom. The van der Waals surface area contributed by atoms with E-state index >= 15 is 0 Å². The van der Waals surface area contributed by atoms with Gasteiger partial charge in [-0.05, 0) is 37.2 Å². The first-order chi connectivity index (χ1) is 7.73. The highest BCUT2D eigenvalue weighted by Gasteiger charge is 2.48. The number of piperazine rings is 1. The summed E-state index contributed by atoms with van der Waals surface area (Å²) >= 11 is 13.3. The number of rotatable bonds is 0. The third kappa shape index (κ3) is 1.59. The van der Waals surface area contributed by atoms with Crippen molar-refractivity contribution < 1.29 is 0 Å². The molecule has 16 heavy (non-hydrogen) atoms. The molecule has 3 aliphatic heterocycles. The molecule has 3 heterocycles. The predicted octanol–water partition coefficient (Wildman–Crippen LogP) is 1.97. The van der Waals surface area contributed by atoms with Gasteiger partial charge < -0.3 is 10.2 Å². The van der Waals surface area contributed by atoms with Crippen LogP contribution >= 0.6 is 36.2 Å². The van der Waals surface area contributed by atoms with E-state index in [4.69, 9.17) is 24.4 Å². The molecule has 0 aromatic rings. The minimum absolute atomic E-state index is 0.0263. The highest BCUT2D eigenvalue weighted by atomic mass is 32.2. The molecule has 5 heteroatoms. The quantitative estimate of drug-likeness (QED) is 0.676. The van der Waals surface area contributed by atoms with Gasteiger partial charge in [0, 0.05) is 6.54 Å². The molecule has 0 radical (unpaired) electrons. The number of nitrogens with zero attached hydrogens (tertiary/aromatic N) is 1. The maximum atomic E-state index is 5.72. The molecule has 0 aromatic carbocycles. The van der Waals surface area contributed by atoms with E-state index in [0.29, 0.717) is 6.04 Å². The molecule has 0 unspecified atom stereocenters. The highest BCUT2D eigenvalue weighted by molar-refractivity contribution is 7.99. The average Bonchev–Trinajstić information content (AvgIpc) is 2.77. The van der Waals surface area contributed by atoms with Crippen molar-refractivity contribution in [2.24, 2.45) is 0 Å². The van der Waals surface area contributed by atoms with Crippen LogP contribution in [0.25, 0.3) is 0 Å². The Balaban J connectivity index is 1.90. The van der Waals surface area contributed by atoms with Gasteiger partial charge in [0.2, 0.25) is 0 Å². The summed E-state index contributed by atoms with van der Waals surface area (Å²) in [6.07, 6.45) is 4.69. The second-order valence-corrected chi connectivity index (χ2v) is 6.89. The van der Waals surface area contributed by atoms with Crippen LogP contribution in [0.1, 0.15) is 25.7 Å². The summed E-state index contributed by atoms with van der Waals surface area (Å²) in [5, 5.41) is 3.59. The van der Waals surface area contributed by atoms with Crippen LogP contribution in [-0.4, -0.2) is 44.5 Å². The van der Waals surface area contributed by atoms with Gasteiger partial charge in [0.1, 0.15) is 4.99 Å². The second-order valence-electron chi connectivity index (χ2n) is 4.84. The standard InChI is InChI=1S/C11H16N2S3/c14-9-8-2-1-5-13(8)10(15)11(12-9)3-6-16-7-4-11/h8H,1-7H2,(H,12,14)/t8-/m0/s1. The van der Waals surface area contributed by atoms with Crippen molar-refractivity contribution in [1.82, 2.24) is 10.2 Å². The number of fused-ring (bicyclic) bond motifs is 1. The van der Waals surface area contributed by atoms with Gasteiger partial charge in [0.25, 0.3) is 0 Å². The minimum Gasteiger partial charge on any atom is -0.366 e. The zero-order valence-electron chi connectivity index (χ0n) is 9.20. The van der Waals surface area contributed by atoms with Crippen LogP contribution in [0.4, 0.5) is 0 Å². The van der Waals surface area contributed by atoms with E-state index in [1.165, 1.54) is 24.3 Å². The number of nitrogens with one attached hydrogen (secondary N) is 1. The van der Waals surface area contributed by atoms with Crippen molar-refractivity contribution in [1.29, 1.82) is 0 Å². The Morgan fingerprint density at radius 1 is 1.31 bits per heavy atom. The third-order valence-electron chi connectivity index (χ3n) is 3.93. The van der Waals surface area contributed by atoms with Crippen molar-refractivity contribution >= 4 is 46.2 Å². The molecule has 3 saturated heterocycles. The number of hydrogen-bond donors (Lipinski definition) is 1. The monoisotopic (exact) mass is 272 g/mol. The average molecular weight is 272 g/mol. The molecule has 1 N–H and O–H groups in total. The molecular formula is C11H16N2S3. The summed E-state index contributed by atoms with van der Waals surface area (Å²) in [6, 6.07) is 0.405. The first-order valence-corrected chi connectivity index (χ1v) is 7.91. The lowest BCUT2D eigenvalue weighted by Crippen LogP contribution is -2.68. The van der Waals surface area contributed by atoms with Gasteiger partial charge in [-0.15, -0.1) is 0 Å². The van der Waals surface area contributed by atoms with Crippen molar-refractivity contribution in [3.63, 3.8) is 0 Å². The van der Waals surface area contributed by atoms with Crippen molar-refractivity contribution in [2.75, 3.05) is 18.1 Å². The zero-order valence-corrected chi connectivity index (χ0v) is 11.6. The van der Waals surface area contributed by atoms with Gasteiger partial charge in [0.15, 0.2) is 0 Å². The number of thiocarbonyl (C=S) groups is 2. The highest BCUT2D eigenvalue weighted by Crippen LogP contribution is 2.36. The summed E-state index contributed by atoms with van der Waals surface area (Å²) in [4.78, 5) is 4.58. The molecule has 3 aliphatic rings. The van der Waals surface area contributed by atoms with Gasteiger partial charge in [-0.1, -0.05) is 24.4 Å². The summed E-state index contributed by atoms with van der Waals surface area (Å²) in [6.45, 7) is 1.11. The van der Waals surface area contributed by atoms with Crippen LogP contribution in [0.5, 0.6) is 0 Å². The fourth-order valence-corrected chi connectivity index (χ4v) is 5.09. The second kappa shape index (κ2) is 4.10. The lowest BCUT2D eigenvalue weighted by molar-refractivity contribution is 0.347. The molecule has 3 rings (SSSR count). The molecule has 0 saturated carbocycles. The van der Waals surface area contributed by atoms with Crippen molar-refractivity contribution in [3.8, 4) is 0 Å². The maximum Gasteiger partial charge on any atom is 0.104 e. The minimum atomic E-state index is 0.0263. The summed E-state index contributed by atoms with van der Waals surface area (Å²) in [5.74, 6) is 2.41. The Labute approximate surface area is 112 Å². The summed E-state index contributed by atoms with van der Waals surface area (Å²) < 4.78 is 0. The first kappa shape index (κ1) is 11.2. The van der Waals surface area contributed by atoms with Crippen molar-refractivity contribution in [2.45, 2.75) is 37.3 Å². The van der Waals surface area contributed by atoms with E-state index < -0.39 is 0 Å². The Morgan fingerprint density at radius 3 is 2.81 bits per heavy atom. The normalized spacial score (nSPS) is 32.8. The molecule has 0 aliphatic carbocycles. The van der Waals surface area contributed by atoms with Crippen LogP contribution in [0, 0.1) is 0 Å². The Hall–Kier alpha value is 0.130. The molecule has 1 spiro atoms. The fraction of sp³-hybridized carbons (Fsp3) is 0.818. The van der Waals surface area contributed by atoms with E-state index in [-0.39, 0.29) is 5.54 Å². The molecule has 0 amide bonds. The molecule has 1 atom stereocenters. The van der Waals surface area contributed by atoms with Gasteiger partial charge in [-0.25, -0.2) is 0 Å². The fourth-order valence-electron chi connectivity index (χ4n) is 2.99. The Bertz CT molecular complexity index is 336. The van der Waals surface area contributed by atoms with Gasteiger partial charge in [-0.2, -0.15) is 11.8 Å².